The Morgan fingerprint density at radius 2 is 1.06 bits per heavy atom. The predicted octanol–water partition coefficient (Wildman–Crippen LogP) is 12.1. The molecule has 0 bridgehead atoms. The second-order valence-electron chi connectivity index (χ2n) is 13.5. The third-order valence-corrected chi connectivity index (χ3v) is 10.3. The molecule has 0 amide bonds. The number of fused-ring (bicyclic) bond motifs is 7. The lowest BCUT2D eigenvalue weighted by Gasteiger charge is -2.11. The maximum Gasteiger partial charge on any atom is 0.227 e. The van der Waals surface area contributed by atoms with Crippen molar-refractivity contribution in [2.75, 3.05) is 0 Å². The molecule has 0 aliphatic carbocycles. The molecule has 0 aliphatic rings. The highest BCUT2D eigenvalue weighted by molar-refractivity contribution is 6.12. The van der Waals surface area contributed by atoms with E-state index >= 15 is 0 Å². The van der Waals surface area contributed by atoms with Gasteiger partial charge in [0.1, 0.15) is 5.52 Å². The maximum absolute atomic E-state index is 6.71. The molecule has 0 fully saturated rings. The van der Waals surface area contributed by atoms with Crippen LogP contribution in [0.3, 0.4) is 0 Å². The Hall–Kier alpha value is -7.44. The van der Waals surface area contributed by atoms with Crippen LogP contribution in [0, 0.1) is 0 Å². The van der Waals surface area contributed by atoms with Crippen LogP contribution in [0.25, 0.3) is 106 Å². The molecule has 3 aromatic heterocycles. The first-order valence-corrected chi connectivity index (χ1v) is 18.0. The third kappa shape index (κ3) is 4.81. The van der Waals surface area contributed by atoms with Crippen molar-refractivity contribution in [2.24, 2.45) is 0 Å². The maximum atomic E-state index is 6.71. The molecule has 11 aromatic rings. The fraction of sp³-hybridized carbons (Fsp3) is 0. The minimum Gasteiger partial charge on any atom is -0.435 e. The number of hydrogen-bond donors (Lipinski definition) is 0. The molecule has 0 aliphatic heterocycles. The van der Waals surface area contributed by atoms with Crippen LogP contribution in [0.15, 0.2) is 180 Å². The monoisotopic (exact) mass is 691 g/mol. The van der Waals surface area contributed by atoms with E-state index in [1.54, 1.807) is 0 Å². The van der Waals surface area contributed by atoms with E-state index in [1.165, 1.54) is 5.39 Å². The Balaban J connectivity index is 1.13. The van der Waals surface area contributed by atoms with E-state index in [-0.39, 0.29) is 0 Å². The minimum atomic E-state index is 0.562. The molecule has 0 saturated carbocycles. The smallest absolute Gasteiger partial charge is 0.227 e. The van der Waals surface area contributed by atoms with Crippen LogP contribution < -0.4 is 0 Å². The Morgan fingerprint density at radius 1 is 0.407 bits per heavy atom. The van der Waals surface area contributed by atoms with Crippen molar-refractivity contribution in [3.8, 4) is 51.3 Å². The summed E-state index contributed by atoms with van der Waals surface area (Å²) >= 11 is 0. The van der Waals surface area contributed by atoms with Crippen LogP contribution in [0.2, 0.25) is 0 Å². The van der Waals surface area contributed by atoms with Gasteiger partial charge in [-0.05, 0) is 64.7 Å². The van der Waals surface area contributed by atoms with Crippen LogP contribution in [0.1, 0.15) is 0 Å². The molecular weight excluding hydrogens is 663 g/mol. The summed E-state index contributed by atoms with van der Waals surface area (Å²) < 4.78 is 9.02. The zero-order valence-electron chi connectivity index (χ0n) is 28.9. The molecule has 11 rings (SSSR count). The summed E-state index contributed by atoms with van der Waals surface area (Å²) in [6, 6.07) is 60.4. The van der Waals surface area contributed by atoms with Crippen molar-refractivity contribution in [3.05, 3.63) is 176 Å². The normalized spacial score (nSPS) is 11.7. The summed E-state index contributed by atoms with van der Waals surface area (Å²) in [7, 11) is 0. The Labute approximate surface area is 309 Å². The van der Waals surface area contributed by atoms with E-state index in [0.29, 0.717) is 28.9 Å². The van der Waals surface area contributed by atoms with Crippen molar-refractivity contribution in [1.82, 2.24) is 24.5 Å². The van der Waals surface area contributed by atoms with Gasteiger partial charge in [-0.2, -0.15) is 0 Å². The lowest BCUT2D eigenvalue weighted by Crippen LogP contribution is -2.00. The fourth-order valence-electron chi connectivity index (χ4n) is 7.78. The van der Waals surface area contributed by atoms with Gasteiger partial charge < -0.3 is 8.98 Å². The fourth-order valence-corrected chi connectivity index (χ4v) is 7.78. The van der Waals surface area contributed by atoms with E-state index in [1.807, 2.05) is 66.7 Å². The van der Waals surface area contributed by atoms with Crippen LogP contribution in [-0.2, 0) is 0 Å². The average molecular weight is 692 g/mol. The molecule has 6 nitrogen and oxygen atoms in total. The molecule has 3 heterocycles. The molecule has 0 saturated heterocycles. The number of aromatic nitrogens is 5. The summed E-state index contributed by atoms with van der Waals surface area (Å²) in [6.07, 6.45) is 0. The van der Waals surface area contributed by atoms with E-state index in [0.717, 1.165) is 71.4 Å². The quantitative estimate of drug-likeness (QED) is 0.180. The van der Waals surface area contributed by atoms with Crippen molar-refractivity contribution in [2.45, 2.75) is 0 Å². The SMILES string of the molecule is c1ccc(-c2nc(-c3ccc4c(c3)c3ccccc3n4-c3ccccc3)nc(-c3cccc4ccc5nc(-c6cccc7ccccc67)oc5c34)n2)cc1. The third-order valence-electron chi connectivity index (χ3n) is 10.3. The molecule has 252 valence electrons. The van der Waals surface area contributed by atoms with Crippen molar-refractivity contribution >= 4 is 54.5 Å². The van der Waals surface area contributed by atoms with Crippen LogP contribution in [0.4, 0.5) is 0 Å². The molecule has 0 N–H and O–H groups in total. The standard InChI is InChI=1S/C48H29N5O/c1-3-14-32(15-4-1)45-50-46(33-26-28-42-39(29-33)36-21-9-10-24-41(36)53(42)34-18-5-2-6-19-34)52-47(51-45)38-23-12-17-31-25-27-40-44(43(31)38)54-48(49-40)37-22-11-16-30-13-7-8-20-35(30)37/h1-29H. The summed E-state index contributed by atoms with van der Waals surface area (Å²) in [5.74, 6) is 2.33. The number of oxazole rings is 1. The Morgan fingerprint density at radius 3 is 1.91 bits per heavy atom. The van der Waals surface area contributed by atoms with Gasteiger partial charge in [0.25, 0.3) is 0 Å². The van der Waals surface area contributed by atoms with Gasteiger partial charge in [0.05, 0.1) is 11.0 Å². The highest BCUT2D eigenvalue weighted by Gasteiger charge is 2.20. The van der Waals surface area contributed by atoms with Gasteiger partial charge >= 0.3 is 0 Å². The number of benzene rings is 8. The van der Waals surface area contributed by atoms with Gasteiger partial charge in [-0.3, -0.25) is 0 Å². The molecule has 0 spiro atoms. The topological polar surface area (TPSA) is 69.6 Å². The van der Waals surface area contributed by atoms with Gasteiger partial charge in [-0.15, -0.1) is 0 Å². The summed E-state index contributed by atoms with van der Waals surface area (Å²) in [5, 5.41) is 6.45. The molecular formula is C48H29N5O. The van der Waals surface area contributed by atoms with Gasteiger partial charge in [-0.1, -0.05) is 127 Å². The second kappa shape index (κ2) is 12.1. The van der Waals surface area contributed by atoms with E-state index in [2.05, 4.69) is 114 Å². The van der Waals surface area contributed by atoms with E-state index in [9.17, 15) is 0 Å². The molecule has 0 unspecified atom stereocenters. The first-order valence-electron chi connectivity index (χ1n) is 18.0. The van der Waals surface area contributed by atoms with E-state index < -0.39 is 0 Å². The first kappa shape index (κ1) is 30.2. The zero-order valence-corrected chi connectivity index (χ0v) is 28.9. The number of rotatable bonds is 5. The molecule has 0 atom stereocenters. The summed E-state index contributed by atoms with van der Waals surface area (Å²) in [5.41, 5.74) is 8.46. The number of nitrogens with zero attached hydrogens (tertiary/aromatic N) is 5. The second-order valence-corrected chi connectivity index (χ2v) is 13.5. The lowest BCUT2D eigenvalue weighted by molar-refractivity contribution is 0.624. The zero-order chi connectivity index (χ0) is 35.6. The lowest BCUT2D eigenvalue weighted by atomic mass is 10.0. The highest BCUT2D eigenvalue weighted by Crippen LogP contribution is 2.39. The molecule has 54 heavy (non-hydrogen) atoms. The minimum absolute atomic E-state index is 0.562. The highest BCUT2D eigenvalue weighted by atomic mass is 16.3. The number of hydrogen-bond acceptors (Lipinski definition) is 5. The largest absolute Gasteiger partial charge is 0.435 e. The Kier molecular flexibility index (Phi) is 6.75. The first-order chi connectivity index (χ1) is 26.8. The molecule has 8 aromatic carbocycles. The summed E-state index contributed by atoms with van der Waals surface area (Å²) in [6.45, 7) is 0. The molecule has 0 radical (unpaired) electrons. The van der Waals surface area contributed by atoms with Crippen LogP contribution in [-0.4, -0.2) is 24.5 Å². The van der Waals surface area contributed by atoms with Crippen molar-refractivity contribution in [3.63, 3.8) is 0 Å². The number of para-hydroxylation sites is 2. The van der Waals surface area contributed by atoms with Crippen LogP contribution in [0.5, 0.6) is 0 Å². The van der Waals surface area contributed by atoms with Gasteiger partial charge in [0.15, 0.2) is 23.1 Å². The van der Waals surface area contributed by atoms with Crippen LogP contribution >= 0.6 is 0 Å². The van der Waals surface area contributed by atoms with Gasteiger partial charge in [0.2, 0.25) is 5.89 Å². The summed E-state index contributed by atoms with van der Waals surface area (Å²) in [4.78, 5) is 20.5. The predicted molar refractivity (Wildman–Crippen MR) is 218 cm³/mol. The van der Waals surface area contributed by atoms with Crippen molar-refractivity contribution in [1.29, 1.82) is 0 Å². The average Bonchev–Trinajstić information content (AvgIpc) is 3.83. The molecule has 6 heteroatoms. The Bertz CT molecular complexity index is 3210. The van der Waals surface area contributed by atoms with E-state index in [4.69, 9.17) is 24.4 Å². The van der Waals surface area contributed by atoms with Crippen molar-refractivity contribution < 1.29 is 4.42 Å². The van der Waals surface area contributed by atoms with Gasteiger partial charge in [-0.25, -0.2) is 19.9 Å². The van der Waals surface area contributed by atoms with Gasteiger partial charge in [0, 0.05) is 44.1 Å².